The lowest BCUT2D eigenvalue weighted by Gasteiger charge is -2.30. The van der Waals surface area contributed by atoms with Gasteiger partial charge in [0.15, 0.2) is 6.61 Å². The Labute approximate surface area is 167 Å². The summed E-state index contributed by atoms with van der Waals surface area (Å²) in [4.78, 5) is 51.3. The molecule has 0 N–H and O–H groups in total. The number of nitrogens with zero attached hydrogens (tertiary/aromatic N) is 2. The zero-order valence-corrected chi connectivity index (χ0v) is 16.9. The van der Waals surface area contributed by atoms with E-state index in [2.05, 4.69) is 0 Å². The summed E-state index contributed by atoms with van der Waals surface area (Å²) in [6, 6.07) is 2.47. The number of imide groups is 1. The Balaban J connectivity index is 2.02. The average molecular weight is 415 g/mol. The molecule has 0 saturated carbocycles. The fourth-order valence-electron chi connectivity index (χ4n) is 2.99. The molecule has 2 rings (SSSR count). The minimum atomic E-state index is -0.859. The molecule has 9 heteroatoms. The summed E-state index contributed by atoms with van der Waals surface area (Å²) < 4.78 is 4.96. The van der Waals surface area contributed by atoms with E-state index in [-0.39, 0.29) is 39.2 Å². The molecule has 0 saturated heterocycles. The number of amides is 3. The molecule has 1 aromatic rings. The van der Waals surface area contributed by atoms with Gasteiger partial charge in [0.25, 0.3) is 17.7 Å². The SMILES string of the molecule is CC(C)N(C(=O)COC(=O)CN1C(=O)c2cc(Cl)c(Cl)cc2C1=O)C(C)C. The van der Waals surface area contributed by atoms with Crippen LogP contribution in [0.3, 0.4) is 0 Å². The number of hydrogen-bond acceptors (Lipinski definition) is 5. The first-order chi connectivity index (χ1) is 12.5. The van der Waals surface area contributed by atoms with E-state index in [1.165, 1.54) is 12.1 Å². The third kappa shape index (κ3) is 4.42. The predicted molar refractivity (Wildman–Crippen MR) is 99.9 cm³/mol. The summed E-state index contributed by atoms with van der Waals surface area (Å²) in [5.74, 6) is -2.54. The molecular formula is C18H20Cl2N2O5. The molecule has 1 aliphatic rings. The Morgan fingerprint density at radius 1 is 1.00 bits per heavy atom. The monoisotopic (exact) mass is 414 g/mol. The van der Waals surface area contributed by atoms with Crippen LogP contribution in [0.5, 0.6) is 0 Å². The Morgan fingerprint density at radius 3 is 1.85 bits per heavy atom. The largest absolute Gasteiger partial charge is 0.454 e. The minimum Gasteiger partial charge on any atom is -0.454 e. The van der Waals surface area contributed by atoms with Crippen molar-refractivity contribution in [3.8, 4) is 0 Å². The van der Waals surface area contributed by atoms with E-state index in [9.17, 15) is 19.2 Å². The third-order valence-electron chi connectivity index (χ3n) is 4.06. The fourth-order valence-corrected chi connectivity index (χ4v) is 3.32. The van der Waals surface area contributed by atoms with E-state index in [1.807, 2.05) is 27.7 Å². The Kier molecular flexibility index (Phi) is 6.49. The number of carbonyl (C=O) groups is 4. The van der Waals surface area contributed by atoms with Crippen molar-refractivity contribution in [2.45, 2.75) is 39.8 Å². The van der Waals surface area contributed by atoms with E-state index in [0.717, 1.165) is 4.90 Å². The van der Waals surface area contributed by atoms with Gasteiger partial charge in [-0.2, -0.15) is 0 Å². The highest BCUT2D eigenvalue weighted by Crippen LogP contribution is 2.31. The van der Waals surface area contributed by atoms with Crippen LogP contribution in [-0.2, 0) is 14.3 Å². The maximum Gasteiger partial charge on any atom is 0.326 e. The van der Waals surface area contributed by atoms with Crippen molar-refractivity contribution >= 4 is 46.9 Å². The molecule has 0 unspecified atom stereocenters. The van der Waals surface area contributed by atoms with Crippen LogP contribution in [0.2, 0.25) is 10.0 Å². The predicted octanol–water partition coefficient (Wildman–Crippen LogP) is 2.78. The van der Waals surface area contributed by atoms with Crippen molar-refractivity contribution in [1.82, 2.24) is 9.80 Å². The molecule has 0 aromatic heterocycles. The van der Waals surface area contributed by atoms with Crippen LogP contribution in [0, 0.1) is 0 Å². The fraction of sp³-hybridized carbons (Fsp3) is 0.444. The lowest BCUT2D eigenvalue weighted by atomic mass is 10.1. The third-order valence-corrected chi connectivity index (χ3v) is 4.78. The van der Waals surface area contributed by atoms with E-state index >= 15 is 0 Å². The standard InChI is InChI=1S/C18H20Cl2N2O5/c1-9(2)22(10(3)4)15(23)8-27-16(24)7-21-17(25)11-5-13(19)14(20)6-12(11)18(21)26/h5-6,9-10H,7-8H2,1-4H3. The second kappa shape index (κ2) is 8.27. The normalized spacial score (nSPS) is 13.4. The molecule has 0 bridgehead atoms. The van der Waals surface area contributed by atoms with Crippen LogP contribution >= 0.6 is 23.2 Å². The smallest absolute Gasteiger partial charge is 0.326 e. The van der Waals surface area contributed by atoms with Gasteiger partial charge in [0.2, 0.25) is 0 Å². The van der Waals surface area contributed by atoms with Gasteiger partial charge in [-0.15, -0.1) is 0 Å². The molecule has 1 aromatic carbocycles. The number of fused-ring (bicyclic) bond motifs is 1. The number of carbonyl (C=O) groups excluding carboxylic acids is 4. The summed E-state index contributed by atoms with van der Waals surface area (Å²) in [5.41, 5.74) is 0.146. The molecule has 0 radical (unpaired) electrons. The van der Waals surface area contributed by atoms with Gasteiger partial charge in [-0.05, 0) is 39.8 Å². The van der Waals surface area contributed by atoms with Gasteiger partial charge < -0.3 is 9.64 Å². The first kappa shape index (κ1) is 21.2. The molecule has 7 nitrogen and oxygen atoms in total. The Bertz CT molecular complexity index is 758. The van der Waals surface area contributed by atoms with Crippen LogP contribution in [0.1, 0.15) is 48.4 Å². The molecular weight excluding hydrogens is 395 g/mol. The van der Waals surface area contributed by atoms with Gasteiger partial charge >= 0.3 is 5.97 Å². The molecule has 3 amide bonds. The summed E-state index contributed by atoms with van der Waals surface area (Å²) >= 11 is 11.8. The highest BCUT2D eigenvalue weighted by atomic mass is 35.5. The van der Waals surface area contributed by atoms with E-state index in [0.29, 0.717) is 0 Å². The number of rotatable bonds is 6. The molecule has 1 heterocycles. The van der Waals surface area contributed by atoms with Gasteiger partial charge in [0, 0.05) is 12.1 Å². The Morgan fingerprint density at radius 2 is 1.44 bits per heavy atom. The minimum absolute atomic E-state index is 0.0538. The summed E-state index contributed by atoms with van der Waals surface area (Å²) in [6.07, 6.45) is 0. The van der Waals surface area contributed by atoms with E-state index in [1.54, 1.807) is 4.90 Å². The maximum absolute atomic E-state index is 12.4. The van der Waals surface area contributed by atoms with E-state index in [4.69, 9.17) is 27.9 Å². The van der Waals surface area contributed by atoms with Crippen molar-refractivity contribution in [2.75, 3.05) is 13.2 Å². The second-order valence-electron chi connectivity index (χ2n) is 6.66. The second-order valence-corrected chi connectivity index (χ2v) is 7.47. The molecule has 27 heavy (non-hydrogen) atoms. The first-order valence-electron chi connectivity index (χ1n) is 8.36. The number of ether oxygens (including phenoxy) is 1. The number of benzene rings is 1. The van der Waals surface area contributed by atoms with Crippen LogP contribution in [-0.4, -0.2) is 58.7 Å². The lowest BCUT2D eigenvalue weighted by molar-refractivity contribution is -0.153. The zero-order chi connectivity index (χ0) is 20.5. The highest BCUT2D eigenvalue weighted by molar-refractivity contribution is 6.43. The Hall–Kier alpha value is -2.12. The molecule has 146 valence electrons. The number of halogens is 2. The van der Waals surface area contributed by atoms with Gasteiger partial charge in [0.05, 0.1) is 21.2 Å². The van der Waals surface area contributed by atoms with Crippen LogP contribution in [0.25, 0.3) is 0 Å². The summed E-state index contributed by atoms with van der Waals surface area (Å²) in [6.45, 7) is 6.36. The van der Waals surface area contributed by atoms with Gasteiger partial charge in [-0.3, -0.25) is 24.1 Å². The average Bonchev–Trinajstić information content (AvgIpc) is 2.78. The molecule has 0 fully saturated rings. The molecule has 0 atom stereocenters. The lowest BCUT2D eigenvalue weighted by Crippen LogP contribution is -2.44. The van der Waals surface area contributed by atoms with Gasteiger partial charge in [0.1, 0.15) is 6.54 Å². The van der Waals surface area contributed by atoms with E-state index < -0.39 is 30.9 Å². The van der Waals surface area contributed by atoms with Crippen molar-refractivity contribution in [3.63, 3.8) is 0 Å². The maximum atomic E-state index is 12.4. The van der Waals surface area contributed by atoms with Crippen molar-refractivity contribution in [3.05, 3.63) is 33.3 Å². The quantitative estimate of drug-likeness (QED) is 0.527. The van der Waals surface area contributed by atoms with Gasteiger partial charge in [-0.1, -0.05) is 23.2 Å². The summed E-state index contributed by atoms with van der Waals surface area (Å²) in [7, 11) is 0. The molecule has 0 spiro atoms. The van der Waals surface area contributed by atoms with Crippen LogP contribution < -0.4 is 0 Å². The molecule has 1 aliphatic heterocycles. The van der Waals surface area contributed by atoms with Crippen LogP contribution in [0.15, 0.2) is 12.1 Å². The first-order valence-corrected chi connectivity index (χ1v) is 9.12. The topological polar surface area (TPSA) is 84.0 Å². The molecule has 0 aliphatic carbocycles. The zero-order valence-electron chi connectivity index (χ0n) is 15.4. The van der Waals surface area contributed by atoms with Crippen molar-refractivity contribution < 1.29 is 23.9 Å². The highest BCUT2D eigenvalue weighted by Gasteiger charge is 2.38. The number of hydrogen-bond donors (Lipinski definition) is 0. The van der Waals surface area contributed by atoms with Gasteiger partial charge in [-0.25, -0.2) is 0 Å². The van der Waals surface area contributed by atoms with Crippen molar-refractivity contribution in [1.29, 1.82) is 0 Å². The van der Waals surface area contributed by atoms with Crippen molar-refractivity contribution in [2.24, 2.45) is 0 Å². The summed E-state index contributed by atoms with van der Waals surface area (Å²) in [5, 5.41) is 0.267. The number of esters is 1. The van der Waals surface area contributed by atoms with Crippen LogP contribution in [0.4, 0.5) is 0 Å².